The van der Waals surface area contributed by atoms with E-state index in [1.165, 1.54) is 38.5 Å². The minimum absolute atomic E-state index is 0.132. The maximum Gasteiger partial charge on any atom is 0.327 e. The van der Waals surface area contributed by atoms with Crippen LogP contribution in [-0.4, -0.2) is 55.1 Å². The zero-order valence-corrected chi connectivity index (χ0v) is 17.8. The molecule has 8 nitrogen and oxygen atoms in total. The topological polar surface area (TPSA) is 127 Å². The van der Waals surface area contributed by atoms with Gasteiger partial charge in [0.1, 0.15) is 0 Å². The average Bonchev–Trinajstić information content (AvgIpc) is 2.63. The highest BCUT2D eigenvalue weighted by atomic mass is 32.2. The van der Waals surface area contributed by atoms with E-state index < -0.39 is 33.7 Å². The molecule has 1 atom stereocenters. The smallest absolute Gasteiger partial charge is 0.327 e. The number of unbranched alkanes of at least 4 members (excludes halogenated alkanes) is 9. The fraction of sp³-hybridized carbons (Fsp3) is 0.895. The zero-order valence-electron chi connectivity index (χ0n) is 16.9. The van der Waals surface area contributed by atoms with Crippen molar-refractivity contribution in [2.24, 2.45) is 0 Å². The molecule has 0 heterocycles. The van der Waals surface area contributed by atoms with E-state index in [4.69, 9.17) is 14.4 Å². The molecular formula is C19H36O8S. The molecule has 0 aromatic heterocycles. The highest BCUT2D eigenvalue weighted by molar-refractivity contribution is 7.87. The molecule has 0 saturated heterocycles. The standard InChI is InChI=1S/C19H36O8S/c1-2-3-4-5-6-7-8-9-10-11-14-26-18(21)16-17(28(23,24)25)19(22)27-15-12-13-20/h17,20H,2-16H2,1H3,(H,23,24,25). The van der Waals surface area contributed by atoms with Crippen molar-refractivity contribution >= 4 is 22.1 Å². The number of hydrogen-bond acceptors (Lipinski definition) is 7. The second-order valence-electron chi connectivity index (χ2n) is 6.85. The fourth-order valence-electron chi connectivity index (χ4n) is 2.63. The van der Waals surface area contributed by atoms with Gasteiger partial charge in [0.25, 0.3) is 10.1 Å². The number of aliphatic hydroxyl groups excluding tert-OH is 1. The van der Waals surface area contributed by atoms with Gasteiger partial charge in [0.2, 0.25) is 0 Å². The first-order valence-electron chi connectivity index (χ1n) is 10.2. The molecule has 0 amide bonds. The van der Waals surface area contributed by atoms with Crippen LogP contribution in [0.4, 0.5) is 0 Å². The molecule has 9 heteroatoms. The number of esters is 2. The van der Waals surface area contributed by atoms with Crippen LogP contribution >= 0.6 is 0 Å². The molecule has 166 valence electrons. The van der Waals surface area contributed by atoms with Gasteiger partial charge in [0.05, 0.1) is 19.6 Å². The number of aliphatic hydroxyl groups is 1. The van der Waals surface area contributed by atoms with Gasteiger partial charge < -0.3 is 14.6 Å². The van der Waals surface area contributed by atoms with E-state index in [9.17, 15) is 18.0 Å². The van der Waals surface area contributed by atoms with Gasteiger partial charge >= 0.3 is 11.9 Å². The summed E-state index contributed by atoms with van der Waals surface area (Å²) in [4.78, 5) is 23.5. The maximum absolute atomic E-state index is 11.7. The van der Waals surface area contributed by atoms with Gasteiger partial charge in [0.15, 0.2) is 5.25 Å². The summed E-state index contributed by atoms with van der Waals surface area (Å²) in [7, 11) is -4.79. The van der Waals surface area contributed by atoms with Crippen LogP contribution in [0.25, 0.3) is 0 Å². The monoisotopic (exact) mass is 424 g/mol. The maximum atomic E-state index is 11.7. The van der Waals surface area contributed by atoms with Gasteiger partial charge in [-0.2, -0.15) is 8.42 Å². The lowest BCUT2D eigenvalue weighted by molar-refractivity contribution is -0.150. The predicted molar refractivity (Wildman–Crippen MR) is 105 cm³/mol. The number of ether oxygens (including phenoxy) is 2. The van der Waals surface area contributed by atoms with Crippen LogP contribution in [0.3, 0.4) is 0 Å². The van der Waals surface area contributed by atoms with Crippen molar-refractivity contribution in [3.05, 3.63) is 0 Å². The molecule has 0 fully saturated rings. The Kier molecular flexibility index (Phi) is 16.0. The third kappa shape index (κ3) is 14.8. The van der Waals surface area contributed by atoms with Gasteiger partial charge in [-0.1, -0.05) is 64.7 Å². The molecule has 0 rings (SSSR count). The van der Waals surface area contributed by atoms with Crippen LogP contribution in [-0.2, 0) is 29.2 Å². The lowest BCUT2D eigenvalue weighted by atomic mass is 10.1. The van der Waals surface area contributed by atoms with Crippen molar-refractivity contribution in [2.45, 2.75) is 89.2 Å². The second kappa shape index (κ2) is 16.7. The van der Waals surface area contributed by atoms with E-state index in [0.717, 1.165) is 19.3 Å². The molecule has 1 unspecified atom stereocenters. The van der Waals surface area contributed by atoms with Crippen LogP contribution in [0.15, 0.2) is 0 Å². The molecule has 0 aliphatic heterocycles. The Morgan fingerprint density at radius 1 is 0.821 bits per heavy atom. The lowest BCUT2D eigenvalue weighted by Crippen LogP contribution is -2.34. The van der Waals surface area contributed by atoms with Crippen molar-refractivity contribution in [3.8, 4) is 0 Å². The largest absolute Gasteiger partial charge is 0.466 e. The molecule has 0 radical (unpaired) electrons. The number of carbonyl (C=O) groups is 2. The van der Waals surface area contributed by atoms with Crippen LogP contribution in [0, 0.1) is 0 Å². The third-order valence-corrected chi connectivity index (χ3v) is 5.36. The van der Waals surface area contributed by atoms with Crippen LogP contribution in [0.1, 0.15) is 84.0 Å². The minimum Gasteiger partial charge on any atom is -0.466 e. The van der Waals surface area contributed by atoms with Crippen molar-refractivity contribution < 1.29 is 37.1 Å². The Bertz CT molecular complexity index is 518. The van der Waals surface area contributed by atoms with E-state index in [0.29, 0.717) is 6.42 Å². The summed E-state index contributed by atoms with van der Waals surface area (Å²) in [6.07, 6.45) is 10.7. The summed E-state index contributed by atoms with van der Waals surface area (Å²) in [6, 6.07) is 0. The molecule has 0 aromatic carbocycles. The molecule has 0 saturated carbocycles. The number of rotatable bonds is 18. The molecule has 0 aromatic rings. The second-order valence-corrected chi connectivity index (χ2v) is 8.45. The summed E-state index contributed by atoms with van der Waals surface area (Å²) in [5, 5.41) is 6.61. The van der Waals surface area contributed by atoms with Gasteiger partial charge in [-0.3, -0.25) is 14.1 Å². The normalized spacial score (nSPS) is 12.5. The number of carbonyl (C=O) groups excluding carboxylic acids is 2. The summed E-state index contributed by atoms with van der Waals surface area (Å²) >= 11 is 0. The fourth-order valence-corrected chi connectivity index (χ4v) is 3.28. The Morgan fingerprint density at radius 2 is 1.32 bits per heavy atom. The van der Waals surface area contributed by atoms with E-state index in [1.807, 2.05) is 0 Å². The Labute approximate surface area is 168 Å². The lowest BCUT2D eigenvalue weighted by Gasteiger charge is -2.13. The molecule has 0 aliphatic carbocycles. The Morgan fingerprint density at radius 3 is 1.82 bits per heavy atom. The predicted octanol–water partition coefficient (Wildman–Crippen LogP) is 3.02. The van der Waals surface area contributed by atoms with E-state index >= 15 is 0 Å². The molecule has 28 heavy (non-hydrogen) atoms. The van der Waals surface area contributed by atoms with Crippen molar-refractivity contribution in [1.82, 2.24) is 0 Å². The summed E-state index contributed by atoms with van der Waals surface area (Å²) in [6.45, 7) is 1.91. The van der Waals surface area contributed by atoms with Crippen LogP contribution in [0.5, 0.6) is 0 Å². The first-order chi connectivity index (χ1) is 13.3. The highest BCUT2D eigenvalue weighted by Gasteiger charge is 2.35. The average molecular weight is 425 g/mol. The van der Waals surface area contributed by atoms with E-state index in [2.05, 4.69) is 11.7 Å². The quantitative estimate of drug-likeness (QED) is 0.195. The van der Waals surface area contributed by atoms with Gasteiger partial charge in [-0.05, 0) is 6.42 Å². The van der Waals surface area contributed by atoms with Crippen molar-refractivity contribution in [1.29, 1.82) is 0 Å². The van der Waals surface area contributed by atoms with Gasteiger partial charge in [-0.25, -0.2) is 0 Å². The third-order valence-electron chi connectivity index (χ3n) is 4.28. The van der Waals surface area contributed by atoms with Crippen LogP contribution in [0.2, 0.25) is 0 Å². The van der Waals surface area contributed by atoms with Crippen LogP contribution < -0.4 is 0 Å². The first-order valence-corrected chi connectivity index (χ1v) is 11.7. The minimum atomic E-state index is -4.79. The summed E-state index contributed by atoms with van der Waals surface area (Å²) in [5.41, 5.74) is 0. The molecule has 2 N–H and O–H groups in total. The molecular weight excluding hydrogens is 388 g/mol. The molecule has 0 aliphatic rings. The highest BCUT2D eigenvalue weighted by Crippen LogP contribution is 2.12. The molecule has 0 bridgehead atoms. The van der Waals surface area contributed by atoms with Crippen molar-refractivity contribution in [3.63, 3.8) is 0 Å². The van der Waals surface area contributed by atoms with Gasteiger partial charge in [0, 0.05) is 13.0 Å². The SMILES string of the molecule is CCCCCCCCCCCCOC(=O)CC(C(=O)OCCCO)S(=O)(=O)O. The Hall–Kier alpha value is -1.19. The Balaban J connectivity index is 3.93. The van der Waals surface area contributed by atoms with Gasteiger partial charge in [-0.15, -0.1) is 0 Å². The van der Waals surface area contributed by atoms with E-state index in [1.54, 1.807) is 0 Å². The first kappa shape index (κ1) is 26.8. The van der Waals surface area contributed by atoms with Crippen molar-refractivity contribution in [2.75, 3.05) is 19.8 Å². The molecule has 0 spiro atoms. The summed E-state index contributed by atoms with van der Waals surface area (Å²) < 4.78 is 41.3. The zero-order chi connectivity index (χ0) is 21.3. The summed E-state index contributed by atoms with van der Waals surface area (Å²) in [5.74, 6) is -2.11. The number of hydrogen-bond donors (Lipinski definition) is 2. The van der Waals surface area contributed by atoms with E-state index in [-0.39, 0.29) is 26.2 Å².